The lowest BCUT2D eigenvalue weighted by Gasteiger charge is -2.38. The second kappa shape index (κ2) is 7.45. The van der Waals surface area contributed by atoms with E-state index in [-0.39, 0.29) is 16.7 Å². The van der Waals surface area contributed by atoms with Crippen LogP contribution in [0.4, 0.5) is 0 Å². The van der Waals surface area contributed by atoms with Crippen molar-refractivity contribution in [2.45, 2.75) is 84.2 Å². The number of rotatable bonds is 6. The molecule has 0 amide bonds. The third-order valence-electron chi connectivity index (χ3n) is 5.70. The fourth-order valence-corrected chi connectivity index (χ4v) is 3.94. The molecule has 0 fully saturated rings. The Kier molecular flexibility index (Phi) is 6.63. The van der Waals surface area contributed by atoms with Crippen molar-refractivity contribution in [2.75, 3.05) is 6.61 Å². The third-order valence-corrected chi connectivity index (χ3v) is 14.4. The van der Waals surface area contributed by atoms with E-state index in [4.69, 9.17) is 8.85 Å². The molecule has 25 heavy (non-hydrogen) atoms. The summed E-state index contributed by atoms with van der Waals surface area (Å²) in [4.78, 5) is 0. The fraction of sp³-hybridized carbons (Fsp3) is 0.700. The van der Waals surface area contributed by atoms with Gasteiger partial charge in [0.25, 0.3) is 0 Å². The smallest absolute Gasteiger partial charge is 0.250 e. The molecule has 0 aliphatic heterocycles. The van der Waals surface area contributed by atoms with E-state index in [1.165, 1.54) is 0 Å². The van der Waals surface area contributed by atoms with Crippen LogP contribution in [0.1, 0.15) is 47.1 Å². The topological polar surface area (TPSA) is 38.7 Å². The lowest BCUT2D eigenvalue weighted by Crippen LogP contribution is -2.44. The predicted octanol–water partition coefficient (Wildman–Crippen LogP) is 5.99. The van der Waals surface area contributed by atoms with Gasteiger partial charge in [0.05, 0.1) is 0 Å². The minimum absolute atomic E-state index is 0.128. The average molecular weight is 383 g/mol. The molecular weight excluding hydrogens is 344 g/mol. The minimum Gasteiger partial charge on any atom is -0.543 e. The van der Waals surface area contributed by atoms with E-state index in [0.29, 0.717) is 6.42 Å². The van der Waals surface area contributed by atoms with E-state index in [9.17, 15) is 5.11 Å². The quantitative estimate of drug-likeness (QED) is 0.614. The largest absolute Gasteiger partial charge is 0.543 e. The van der Waals surface area contributed by atoms with Crippen molar-refractivity contribution in [2.24, 2.45) is 0 Å². The van der Waals surface area contributed by atoms with Crippen LogP contribution < -0.4 is 8.85 Å². The number of aliphatic hydroxyl groups is 1. The van der Waals surface area contributed by atoms with Gasteiger partial charge in [0, 0.05) is 12.7 Å². The highest BCUT2D eigenvalue weighted by Gasteiger charge is 2.40. The summed E-state index contributed by atoms with van der Waals surface area (Å²) in [5.74, 6) is 1.73. The van der Waals surface area contributed by atoms with Crippen molar-refractivity contribution in [3.05, 3.63) is 23.8 Å². The molecule has 0 aromatic heterocycles. The molecule has 0 saturated carbocycles. The molecule has 0 saturated heterocycles. The molecule has 0 bridgehead atoms. The summed E-state index contributed by atoms with van der Waals surface area (Å²) in [6.07, 6.45) is 0.614. The van der Waals surface area contributed by atoms with Gasteiger partial charge in [0.2, 0.25) is 16.6 Å². The maximum atomic E-state index is 9.36. The van der Waals surface area contributed by atoms with Crippen LogP contribution in [0, 0.1) is 0 Å². The van der Waals surface area contributed by atoms with Crippen LogP contribution >= 0.6 is 0 Å². The molecule has 0 aliphatic carbocycles. The van der Waals surface area contributed by atoms with Gasteiger partial charge in [0.15, 0.2) is 0 Å². The van der Waals surface area contributed by atoms with Crippen molar-refractivity contribution in [1.82, 2.24) is 0 Å². The molecule has 0 unspecified atom stereocenters. The molecule has 0 radical (unpaired) electrons. The Morgan fingerprint density at radius 1 is 0.760 bits per heavy atom. The summed E-state index contributed by atoms with van der Waals surface area (Å²) in [6.45, 7) is 22.6. The Hall–Kier alpha value is -0.786. The summed E-state index contributed by atoms with van der Waals surface area (Å²) in [5, 5.41) is 9.64. The normalized spacial score (nSPS) is 13.7. The highest BCUT2D eigenvalue weighted by Crippen LogP contribution is 2.40. The summed E-state index contributed by atoms with van der Waals surface area (Å²) < 4.78 is 13.0. The van der Waals surface area contributed by atoms with Gasteiger partial charge >= 0.3 is 0 Å². The van der Waals surface area contributed by atoms with Gasteiger partial charge in [-0.1, -0.05) is 41.5 Å². The highest BCUT2D eigenvalue weighted by molar-refractivity contribution is 6.75. The zero-order chi connectivity index (χ0) is 19.7. The lowest BCUT2D eigenvalue weighted by atomic mass is 10.1. The summed E-state index contributed by atoms with van der Waals surface area (Å²) in [5.41, 5.74) is 1.06. The first-order chi connectivity index (χ1) is 11.1. The summed E-state index contributed by atoms with van der Waals surface area (Å²) >= 11 is 0. The SMILES string of the molecule is CC(C)(C)[Si](C)(C)Oc1cc(CCO)cc(O[Si](C)(C)C(C)(C)C)c1. The minimum atomic E-state index is -1.92. The van der Waals surface area contributed by atoms with Crippen molar-refractivity contribution in [3.8, 4) is 11.5 Å². The van der Waals surface area contributed by atoms with Gasteiger partial charge in [-0.25, -0.2) is 0 Å². The zero-order valence-corrected chi connectivity index (χ0v) is 19.9. The lowest BCUT2D eigenvalue weighted by molar-refractivity contribution is 0.299. The van der Waals surface area contributed by atoms with E-state index in [0.717, 1.165) is 17.1 Å². The summed E-state index contributed by atoms with van der Waals surface area (Å²) in [7, 11) is -3.83. The van der Waals surface area contributed by atoms with Gasteiger partial charge in [-0.2, -0.15) is 0 Å². The van der Waals surface area contributed by atoms with Gasteiger partial charge < -0.3 is 14.0 Å². The van der Waals surface area contributed by atoms with Crippen molar-refractivity contribution in [1.29, 1.82) is 0 Å². The Morgan fingerprint density at radius 2 is 1.12 bits per heavy atom. The molecule has 0 aliphatic rings. The molecule has 1 N–H and O–H groups in total. The first kappa shape index (κ1) is 22.3. The van der Waals surface area contributed by atoms with E-state index in [1.807, 2.05) is 6.07 Å². The maximum absolute atomic E-state index is 9.36. The van der Waals surface area contributed by atoms with Crippen LogP contribution in [0.5, 0.6) is 11.5 Å². The van der Waals surface area contributed by atoms with Gasteiger partial charge in [-0.3, -0.25) is 0 Å². The van der Waals surface area contributed by atoms with Gasteiger partial charge in [-0.15, -0.1) is 0 Å². The van der Waals surface area contributed by atoms with Crippen molar-refractivity contribution in [3.63, 3.8) is 0 Å². The van der Waals surface area contributed by atoms with E-state index >= 15 is 0 Å². The second-order valence-corrected chi connectivity index (χ2v) is 19.5. The maximum Gasteiger partial charge on any atom is 0.250 e. The molecule has 0 spiro atoms. The van der Waals surface area contributed by atoms with E-state index in [1.54, 1.807) is 0 Å². The van der Waals surface area contributed by atoms with E-state index < -0.39 is 16.6 Å². The summed E-state index contributed by atoms with van der Waals surface area (Å²) in [6, 6.07) is 6.13. The molecular formula is C20H38O3Si2. The van der Waals surface area contributed by atoms with Gasteiger partial charge in [-0.05, 0) is 60.4 Å². The molecule has 0 heterocycles. The van der Waals surface area contributed by atoms with Crippen molar-refractivity contribution >= 4 is 16.6 Å². The number of hydrogen-bond acceptors (Lipinski definition) is 3. The van der Waals surface area contributed by atoms with Crippen molar-refractivity contribution < 1.29 is 14.0 Å². The van der Waals surface area contributed by atoms with Crippen LogP contribution in [-0.2, 0) is 6.42 Å². The molecule has 1 rings (SSSR count). The van der Waals surface area contributed by atoms with Crippen LogP contribution in [-0.4, -0.2) is 28.3 Å². The first-order valence-corrected chi connectivity index (χ1v) is 15.0. The fourth-order valence-electron chi connectivity index (χ4n) is 1.92. The number of benzene rings is 1. The Morgan fingerprint density at radius 3 is 1.40 bits per heavy atom. The molecule has 5 heteroatoms. The Bertz CT molecular complexity index is 535. The molecule has 3 nitrogen and oxygen atoms in total. The predicted molar refractivity (Wildman–Crippen MR) is 113 cm³/mol. The second-order valence-electron chi connectivity index (χ2n) is 10.0. The third kappa shape index (κ3) is 5.86. The monoisotopic (exact) mass is 382 g/mol. The number of aliphatic hydroxyl groups excluding tert-OH is 1. The van der Waals surface area contributed by atoms with E-state index in [2.05, 4.69) is 79.9 Å². The zero-order valence-electron chi connectivity index (χ0n) is 17.9. The van der Waals surface area contributed by atoms with Crippen LogP contribution in [0.2, 0.25) is 36.3 Å². The van der Waals surface area contributed by atoms with Gasteiger partial charge in [0.1, 0.15) is 11.5 Å². The van der Waals surface area contributed by atoms with Crippen LogP contribution in [0.3, 0.4) is 0 Å². The first-order valence-electron chi connectivity index (χ1n) is 9.22. The van der Waals surface area contributed by atoms with Crippen LogP contribution in [0.15, 0.2) is 18.2 Å². The average Bonchev–Trinajstić information content (AvgIpc) is 2.34. The standard InChI is InChI=1S/C20H38O3Si2/c1-19(2,3)24(7,8)22-17-13-16(11-12-21)14-18(15-17)23-25(9,10)20(4,5)6/h13-15,21H,11-12H2,1-10H3. The molecule has 1 aromatic carbocycles. The highest BCUT2D eigenvalue weighted by atomic mass is 28.4. The van der Waals surface area contributed by atoms with Crippen LogP contribution in [0.25, 0.3) is 0 Å². The molecule has 0 atom stereocenters. The molecule has 144 valence electrons. The number of hydrogen-bond donors (Lipinski definition) is 1. The Balaban J connectivity index is 3.22. The molecule has 1 aromatic rings. The Labute approximate surface area is 157 Å².